The van der Waals surface area contributed by atoms with Crippen molar-refractivity contribution in [2.45, 2.75) is 25.7 Å². The lowest BCUT2D eigenvalue weighted by molar-refractivity contribution is 0.0710. The van der Waals surface area contributed by atoms with Crippen molar-refractivity contribution in [3.05, 3.63) is 96.2 Å². The SMILES string of the molecule is Cc1cc(Oc2ccccc2)nc(C2CCN(C(=O)c3cccc(Oc4ncccn4)c3)CC2)n1. The maximum Gasteiger partial charge on any atom is 0.321 e. The summed E-state index contributed by atoms with van der Waals surface area (Å²) in [6.07, 6.45) is 4.79. The first-order chi connectivity index (χ1) is 17.1. The van der Waals surface area contributed by atoms with E-state index in [1.54, 1.807) is 42.7 Å². The Morgan fingerprint density at radius 3 is 2.37 bits per heavy atom. The van der Waals surface area contributed by atoms with Crippen molar-refractivity contribution in [1.82, 2.24) is 24.8 Å². The Balaban J connectivity index is 1.23. The van der Waals surface area contributed by atoms with Crippen LogP contribution in [0.5, 0.6) is 23.4 Å². The van der Waals surface area contributed by atoms with E-state index >= 15 is 0 Å². The number of rotatable bonds is 6. The molecule has 1 amide bonds. The molecule has 0 atom stereocenters. The molecule has 35 heavy (non-hydrogen) atoms. The number of para-hydroxylation sites is 1. The van der Waals surface area contributed by atoms with Gasteiger partial charge < -0.3 is 14.4 Å². The van der Waals surface area contributed by atoms with Gasteiger partial charge in [-0.2, -0.15) is 4.98 Å². The van der Waals surface area contributed by atoms with E-state index in [2.05, 4.69) is 19.9 Å². The molecule has 0 aliphatic carbocycles. The maximum absolute atomic E-state index is 13.1. The fourth-order valence-corrected chi connectivity index (χ4v) is 4.07. The van der Waals surface area contributed by atoms with Gasteiger partial charge in [0, 0.05) is 48.7 Å². The molecule has 1 aliphatic heterocycles. The van der Waals surface area contributed by atoms with Crippen LogP contribution in [0.2, 0.25) is 0 Å². The summed E-state index contributed by atoms with van der Waals surface area (Å²) in [4.78, 5) is 32.5. The molecule has 3 heterocycles. The van der Waals surface area contributed by atoms with Gasteiger partial charge in [-0.25, -0.2) is 15.0 Å². The summed E-state index contributed by atoms with van der Waals surface area (Å²) in [5.74, 6) is 2.71. The number of benzene rings is 2. The first kappa shape index (κ1) is 22.5. The average molecular weight is 468 g/mol. The van der Waals surface area contributed by atoms with E-state index in [1.807, 2.05) is 48.2 Å². The first-order valence-corrected chi connectivity index (χ1v) is 11.6. The smallest absolute Gasteiger partial charge is 0.321 e. The van der Waals surface area contributed by atoms with E-state index < -0.39 is 0 Å². The minimum atomic E-state index is -0.0267. The minimum Gasteiger partial charge on any atom is -0.439 e. The molecule has 1 fully saturated rings. The molecular weight excluding hydrogens is 442 g/mol. The van der Waals surface area contributed by atoms with E-state index in [0.29, 0.717) is 30.3 Å². The lowest BCUT2D eigenvalue weighted by Gasteiger charge is -2.31. The predicted molar refractivity (Wildman–Crippen MR) is 130 cm³/mol. The van der Waals surface area contributed by atoms with E-state index in [0.717, 1.165) is 30.1 Å². The molecule has 8 nitrogen and oxygen atoms in total. The summed E-state index contributed by atoms with van der Waals surface area (Å²) in [6, 6.07) is 20.5. The number of hydrogen-bond acceptors (Lipinski definition) is 7. The molecule has 176 valence electrons. The molecule has 0 spiro atoms. The van der Waals surface area contributed by atoms with Gasteiger partial charge in [0.15, 0.2) is 0 Å². The van der Waals surface area contributed by atoms with E-state index in [-0.39, 0.29) is 17.8 Å². The van der Waals surface area contributed by atoms with Crippen molar-refractivity contribution >= 4 is 5.91 Å². The maximum atomic E-state index is 13.1. The first-order valence-electron chi connectivity index (χ1n) is 11.6. The van der Waals surface area contributed by atoms with Crippen LogP contribution in [0, 0.1) is 6.92 Å². The van der Waals surface area contributed by atoms with Gasteiger partial charge in [-0.3, -0.25) is 4.79 Å². The van der Waals surface area contributed by atoms with Crippen LogP contribution in [0.25, 0.3) is 0 Å². The highest BCUT2D eigenvalue weighted by Gasteiger charge is 2.27. The van der Waals surface area contributed by atoms with Crippen LogP contribution in [0.15, 0.2) is 79.1 Å². The van der Waals surface area contributed by atoms with Crippen LogP contribution < -0.4 is 9.47 Å². The van der Waals surface area contributed by atoms with Gasteiger partial charge in [-0.15, -0.1) is 0 Å². The normalized spacial score (nSPS) is 13.9. The highest BCUT2D eigenvalue weighted by atomic mass is 16.5. The van der Waals surface area contributed by atoms with Gasteiger partial charge in [0.1, 0.15) is 17.3 Å². The number of hydrogen-bond donors (Lipinski definition) is 0. The lowest BCUT2D eigenvalue weighted by atomic mass is 9.95. The number of amides is 1. The standard InChI is InChI=1S/C27H25N5O3/c1-19-17-24(34-22-8-3-2-4-9-22)31-25(30-19)20-11-15-32(16-12-20)26(33)21-7-5-10-23(18-21)35-27-28-13-6-14-29-27/h2-10,13-14,17-18,20H,11-12,15-16H2,1H3. The van der Waals surface area contributed by atoms with E-state index in [1.165, 1.54) is 0 Å². The van der Waals surface area contributed by atoms with Crippen LogP contribution in [-0.2, 0) is 0 Å². The van der Waals surface area contributed by atoms with Gasteiger partial charge in [-0.05, 0) is 56.2 Å². The van der Waals surface area contributed by atoms with Crippen LogP contribution in [0.3, 0.4) is 0 Å². The molecule has 1 saturated heterocycles. The van der Waals surface area contributed by atoms with Gasteiger partial charge in [0.2, 0.25) is 5.88 Å². The Hall–Kier alpha value is -4.33. The minimum absolute atomic E-state index is 0.0267. The number of aryl methyl sites for hydroxylation is 1. The Morgan fingerprint density at radius 2 is 1.60 bits per heavy atom. The van der Waals surface area contributed by atoms with E-state index in [4.69, 9.17) is 9.47 Å². The molecule has 2 aromatic carbocycles. The quantitative estimate of drug-likeness (QED) is 0.386. The third-order valence-electron chi connectivity index (χ3n) is 5.79. The average Bonchev–Trinajstić information content (AvgIpc) is 2.89. The van der Waals surface area contributed by atoms with E-state index in [9.17, 15) is 4.79 Å². The second-order valence-corrected chi connectivity index (χ2v) is 8.35. The van der Waals surface area contributed by atoms with Gasteiger partial charge in [-0.1, -0.05) is 24.3 Å². The summed E-state index contributed by atoms with van der Waals surface area (Å²) in [7, 11) is 0. The largest absolute Gasteiger partial charge is 0.439 e. The molecule has 1 aliphatic rings. The second kappa shape index (κ2) is 10.3. The summed E-state index contributed by atoms with van der Waals surface area (Å²) in [5.41, 5.74) is 1.43. The Morgan fingerprint density at radius 1 is 0.857 bits per heavy atom. The number of piperidine rings is 1. The van der Waals surface area contributed by atoms with Gasteiger partial charge >= 0.3 is 6.01 Å². The second-order valence-electron chi connectivity index (χ2n) is 8.35. The number of likely N-dealkylation sites (tertiary alicyclic amines) is 1. The fraction of sp³-hybridized carbons (Fsp3) is 0.222. The molecule has 0 saturated carbocycles. The number of nitrogens with zero attached hydrogens (tertiary/aromatic N) is 5. The fourth-order valence-electron chi connectivity index (χ4n) is 4.07. The Kier molecular flexibility index (Phi) is 6.61. The third-order valence-corrected chi connectivity index (χ3v) is 5.79. The topological polar surface area (TPSA) is 90.3 Å². The van der Waals surface area contributed by atoms with Crippen molar-refractivity contribution < 1.29 is 14.3 Å². The number of aromatic nitrogens is 4. The molecule has 8 heteroatoms. The number of carbonyl (C=O) groups is 1. The van der Waals surface area contributed by atoms with Crippen LogP contribution in [-0.4, -0.2) is 43.8 Å². The molecular formula is C27H25N5O3. The Labute approximate surface area is 203 Å². The monoisotopic (exact) mass is 467 g/mol. The van der Waals surface area contributed by atoms with Crippen molar-refractivity contribution in [2.24, 2.45) is 0 Å². The summed E-state index contributed by atoms with van der Waals surface area (Å²) >= 11 is 0. The predicted octanol–water partition coefficient (Wildman–Crippen LogP) is 5.18. The highest BCUT2D eigenvalue weighted by Crippen LogP contribution is 2.29. The lowest BCUT2D eigenvalue weighted by Crippen LogP contribution is -2.38. The van der Waals surface area contributed by atoms with Crippen molar-refractivity contribution in [3.8, 4) is 23.4 Å². The van der Waals surface area contributed by atoms with Crippen LogP contribution in [0.4, 0.5) is 0 Å². The zero-order chi connectivity index (χ0) is 24.0. The number of ether oxygens (including phenoxy) is 2. The summed E-state index contributed by atoms with van der Waals surface area (Å²) < 4.78 is 11.6. The molecule has 0 radical (unpaired) electrons. The molecule has 0 unspecified atom stereocenters. The van der Waals surface area contributed by atoms with Gasteiger partial charge in [0.25, 0.3) is 5.91 Å². The third kappa shape index (κ3) is 5.60. The van der Waals surface area contributed by atoms with Crippen LogP contribution >= 0.6 is 0 Å². The molecule has 2 aromatic heterocycles. The molecule has 5 rings (SSSR count). The zero-order valence-electron chi connectivity index (χ0n) is 19.4. The molecule has 0 bridgehead atoms. The summed E-state index contributed by atoms with van der Waals surface area (Å²) in [6.45, 7) is 3.20. The van der Waals surface area contributed by atoms with Crippen molar-refractivity contribution in [1.29, 1.82) is 0 Å². The molecule has 4 aromatic rings. The van der Waals surface area contributed by atoms with Crippen molar-refractivity contribution in [2.75, 3.05) is 13.1 Å². The zero-order valence-corrected chi connectivity index (χ0v) is 19.4. The van der Waals surface area contributed by atoms with Crippen LogP contribution in [0.1, 0.15) is 40.6 Å². The Bertz CT molecular complexity index is 1290. The number of carbonyl (C=O) groups excluding carboxylic acids is 1. The summed E-state index contributed by atoms with van der Waals surface area (Å²) in [5, 5.41) is 0. The molecule has 0 N–H and O–H groups in total. The van der Waals surface area contributed by atoms with Gasteiger partial charge in [0.05, 0.1) is 0 Å². The highest BCUT2D eigenvalue weighted by molar-refractivity contribution is 5.94. The van der Waals surface area contributed by atoms with Crippen molar-refractivity contribution in [3.63, 3.8) is 0 Å².